The minimum absolute atomic E-state index is 0.136. The number of benzene rings is 1. The lowest BCUT2D eigenvalue weighted by Crippen LogP contribution is -2.52. The highest BCUT2D eigenvalue weighted by Gasteiger charge is 2.34. The Kier molecular flexibility index (Phi) is 5.71. The van der Waals surface area contributed by atoms with Gasteiger partial charge in [-0.1, -0.05) is 23.7 Å². The summed E-state index contributed by atoms with van der Waals surface area (Å²) in [7, 11) is -2.85. The Morgan fingerprint density at radius 1 is 1.24 bits per heavy atom. The Bertz CT molecular complexity index is 743. The molecule has 0 aliphatic carbocycles. The molecule has 7 heteroatoms. The highest BCUT2D eigenvalue weighted by atomic mass is 35.5. The molecule has 25 heavy (non-hydrogen) atoms. The van der Waals surface area contributed by atoms with Gasteiger partial charge in [0.1, 0.15) is 0 Å². The molecule has 0 aromatic heterocycles. The van der Waals surface area contributed by atoms with E-state index in [2.05, 4.69) is 4.90 Å². The smallest absolute Gasteiger partial charge is 0.222 e. The van der Waals surface area contributed by atoms with Gasteiger partial charge in [0.15, 0.2) is 9.84 Å². The molecule has 1 atom stereocenters. The molecule has 5 nitrogen and oxygen atoms in total. The van der Waals surface area contributed by atoms with Gasteiger partial charge in [-0.2, -0.15) is 0 Å². The number of amides is 1. The van der Waals surface area contributed by atoms with E-state index in [1.165, 1.54) is 0 Å². The van der Waals surface area contributed by atoms with E-state index in [9.17, 15) is 13.2 Å². The summed E-state index contributed by atoms with van der Waals surface area (Å²) in [5.41, 5.74) is 2.13. The van der Waals surface area contributed by atoms with Gasteiger partial charge in [-0.05, 0) is 37.0 Å². The summed E-state index contributed by atoms with van der Waals surface area (Å²) in [6, 6.07) is 6.07. The Labute approximate surface area is 154 Å². The van der Waals surface area contributed by atoms with Crippen LogP contribution >= 0.6 is 11.6 Å². The molecule has 2 heterocycles. The molecule has 0 radical (unpaired) electrons. The standard InChI is InChI=1S/C18H25ClN2O3S/c1-14-2-3-15(12-17(14)19)4-5-18(22)21-9-7-20(8-10-21)16-6-11-25(23,24)13-16/h2-3,12,16H,4-11,13H2,1H3/t16-/m1/s1. The normalized spacial score (nSPS) is 23.8. The van der Waals surface area contributed by atoms with Crippen LogP contribution in [0.25, 0.3) is 0 Å². The number of hydrogen-bond acceptors (Lipinski definition) is 4. The van der Waals surface area contributed by atoms with Crippen LogP contribution in [0.5, 0.6) is 0 Å². The van der Waals surface area contributed by atoms with Crippen molar-refractivity contribution < 1.29 is 13.2 Å². The summed E-state index contributed by atoms with van der Waals surface area (Å²) in [5, 5.41) is 0.741. The number of carbonyl (C=O) groups is 1. The van der Waals surface area contributed by atoms with Crippen LogP contribution in [-0.4, -0.2) is 67.9 Å². The van der Waals surface area contributed by atoms with Gasteiger partial charge in [0.25, 0.3) is 0 Å². The Hall–Kier alpha value is -1.11. The van der Waals surface area contributed by atoms with Gasteiger partial charge < -0.3 is 4.90 Å². The van der Waals surface area contributed by atoms with Crippen molar-refractivity contribution in [1.82, 2.24) is 9.80 Å². The maximum atomic E-state index is 12.4. The number of piperazine rings is 1. The van der Waals surface area contributed by atoms with E-state index in [1.54, 1.807) is 0 Å². The van der Waals surface area contributed by atoms with Crippen molar-refractivity contribution in [3.8, 4) is 0 Å². The summed E-state index contributed by atoms with van der Waals surface area (Å²) in [4.78, 5) is 16.6. The molecule has 3 rings (SSSR count). The number of halogens is 1. The highest BCUT2D eigenvalue weighted by molar-refractivity contribution is 7.91. The van der Waals surface area contributed by atoms with Crippen LogP contribution in [-0.2, 0) is 21.1 Å². The van der Waals surface area contributed by atoms with E-state index < -0.39 is 9.84 Å². The Morgan fingerprint density at radius 3 is 2.56 bits per heavy atom. The number of sulfone groups is 1. The number of rotatable bonds is 4. The van der Waals surface area contributed by atoms with Gasteiger partial charge in [0.05, 0.1) is 11.5 Å². The van der Waals surface area contributed by atoms with Crippen molar-refractivity contribution >= 4 is 27.3 Å². The van der Waals surface area contributed by atoms with E-state index in [0.29, 0.717) is 31.7 Å². The summed E-state index contributed by atoms with van der Waals surface area (Å²) >= 11 is 6.13. The second kappa shape index (κ2) is 7.64. The fourth-order valence-electron chi connectivity index (χ4n) is 3.60. The van der Waals surface area contributed by atoms with Crippen molar-refractivity contribution in [3.63, 3.8) is 0 Å². The number of nitrogens with zero attached hydrogens (tertiary/aromatic N) is 2. The van der Waals surface area contributed by atoms with Gasteiger partial charge >= 0.3 is 0 Å². The van der Waals surface area contributed by atoms with Crippen LogP contribution in [0.2, 0.25) is 5.02 Å². The zero-order valence-electron chi connectivity index (χ0n) is 14.6. The molecule has 0 unspecified atom stereocenters. The monoisotopic (exact) mass is 384 g/mol. The molecule has 0 bridgehead atoms. The van der Waals surface area contributed by atoms with Crippen molar-refractivity contribution in [3.05, 3.63) is 34.3 Å². The summed E-state index contributed by atoms with van der Waals surface area (Å²) in [6.07, 6.45) is 1.90. The zero-order valence-corrected chi connectivity index (χ0v) is 16.2. The maximum absolute atomic E-state index is 12.4. The summed E-state index contributed by atoms with van der Waals surface area (Å²) < 4.78 is 23.2. The van der Waals surface area contributed by atoms with Gasteiger partial charge in [-0.3, -0.25) is 9.69 Å². The molecule has 2 aliphatic rings. The van der Waals surface area contributed by atoms with Gasteiger partial charge in [0.2, 0.25) is 5.91 Å². The predicted octanol–water partition coefficient (Wildman–Crippen LogP) is 1.91. The molecule has 2 saturated heterocycles. The lowest BCUT2D eigenvalue weighted by molar-refractivity contribution is -0.133. The van der Waals surface area contributed by atoms with E-state index in [0.717, 1.165) is 35.7 Å². The first-order chi connectivity index (χ1) is 11.8. The molecule has 1 aromatic rings. The fraction of sp³-hybridized carbons (Fsp3) is 0.611. The van der Waals surface area contributed by atoms with E-state index >= 15 is 0 Å². The molecule has 2 fully saturated rings. The molecule has 138 valence electrons. The van der Waals surface area contributed by atoms with E-state index in [4.69, 9.17) is 11.6 Å². The molecule has 0 N–H and O–H groups in total. The van der Waals surface area contributed by atoms with Gasteiger partial charge in [0, 0.05) is 43.7 Å². The van der Waals surface area contributed by atoms with Crippen LogP contribution in [0, 0.1) is 6.92 Å². The molecule has 0 saturated carbocycles. The molecule has 2 aliphatic heterocycles. The average molecular weight is 385 g/mol. The first kappa shape index (κ1) is 18.7. The lowest BCUT2D eigenvalue weighted by atomic mass is 10.1. The molecular weight excluding hydrogens is 360 g/mol. The predicted molar refractivity (Wildman–Crippen MR) is 99.7 cm³/mol. The van der Waals surface area contributed by atoms with Gasteiger partial charge in [-0.15, -0.1) is 0 Å². The first-order valence-electron chi connectivity index (χ1n) is 8.81. The SMILES string of the molecule is Cc1ccc(CCC(=O)N2CCN([C@@H]3CCS(=O)(=O)C3)CC2)cc1Cl. The van der Waals surface area contributed by atoms with Crippen LogP contribution in [0.1, 0.15) is 24.0 Å². The fourth-order valence-corrected chi connectivity index (χ4v) is 5.57. The van der Waals surface area contributed by atoms with Crippen LogP contribution in [0.15, 0.2) is 18.2 Å². The second-order valence-corrected chi connectivity index (χ2v) is 9.69. The lowest BCUT2D eigenvalue weighted by Gasteiger charge is -2.37. The third kappa shape index (κ3) is 4.74. The van der Waals surface area contributed by atoms with Crippen LogP contribution in [0.3, 0.4) is 0 Å². The average Bonchev–Trinajstić information content (AvgIpc) is 2.96. The number of hydrogen-bond donors (Lipinski definition) is 0. The maximum Gasteiger partial charge on any atom is 0.222 e. The molecule has 1 aromatic carbocycles. The second-order valence-electron chi connectivity index (χ2n) is 7.06. The van der Waals surface area contributed by atoms with Crippen molar-refractivity contribution in [2.45, 2.75) is 32.2 Å². The zero-order chi connectivity index (χ0) is 18.0. The van der Waals surface area contributed by atoms with Crippen molar-refractivity contribution in [1.29, 1.82) is 0 Å². The topological polar surface area (TPSA) is 57.7 Å². The largest absolute Gasteiger partial charge is 0.340 e. The third-order valence-corrected chi connectivity index (χ3v) is 7.41. The summed E-state index contributed by atoms with van der Waals surface area (Å²) in [6.45, 7) is 4.87. The Balaban J connectivity index is 1.46. The molecule has 1 amide bonds. The first-order valence-corrected chi connectivity index (χ1v) is 11.0. The summed E-state index contributed by atoms with van der Waals surface area (Å²) in [5.74, 6) is 0.737. The van der Waals surface area contributed by atoms with Crippen LogP contribution < -0.4 is 0 Å². The minimum Gasteiger partial charge on any atom is -0.340 e. The third-order valence-electron chi connectivity index (χ3n) is 5.26. The van der Waals surface area contributed by atoms with Crippen molar-refractivity contribution in [2.75, 3.05) is 37.7 Å². The van der Waals surface area contributed by atoms with Crippen molar-refractivity contribution in [2.24, 2.45) is 0 Å². The number of carbonyl (C=O) groups excluding carboxylic acids is 1. The van der Waals surface area contributed by atoms with E-state index in [-0.39, 0.29) is 17.7 Å². The number of aryl methyl sites for hydroxylation is 2. The molecule has 0 spiro atoms. The Morgan fingerprint density at radius 2 is 1.96 bits per heavy atom. The van der Waals surface area contributed by atoms with Gasteiger partial charge in [-0.25, -0.2) is 8.42 Å². The highest BCUT2D eigenvalue weighted by Crippen LogP contribution is 2.20. The minimum atomic E-state index is -2.85. The molecular formula is C18H25ClN2O3S. The van der Waals surface area contributed by atoms with E-state index in [1.807, 2.05) is 30.0 Å². The quantitative estimate of drug-likeness (QED) is 0.795. The van der Waals surface area contributed by atoms with Crippen LogP contribution in [0.4, 0.5) is 0 Å².